The van der Waals surface area contributed by atoms with Gasteiger partial charge in [0.1, 0.15) is 0 Å². The Morgan fingerprint density at radius 1 is 1.42 bits per heavy atom. The maximum Gasteiger partial charge on any atom is 0.0519 e. The average molecular weight is 231 g/mol. The van der Waals surface area contributed by atoms with Crippen LogP contribution in [0.4, 0.5) is 0 Å². The highest BCUT2D eigenvalue weighted by atomic mass is 79.9. The van der Waals surface area contributed by atoms with Crippen LogP contribution in [0.1, 0.15) is 26.7 Å². The van der Waals surface area contributed by atoms with E-state index in [0.29, 0.717) is 0 Å². The molecule has 0 unspecified atom stereocenters. The van der Waals surface area contributed by atoms with Crippen LogP contribution in [0.15, 0.2) is 22.2 Å². The van der Waals surface area contributed by atoms with Crippen LogP contribution in [0.5, 0.6) is 0 Å². The van der Waals surface area contributed by atoms with Gasteiger partial charge in [-0.1, -0.05) is 47.5 Å². The number of rotatable bonds is 2. The highest BCUT2D eigenvalue weighted by molar-refractivity contribution is 9.11. The van der Waals surface area contributed by atoms with Gasteiger partial charge in [-0.2, -0.15) is 0 Å². The fourth-order valence-corrected chi connectivity index (χ4v) is 1.61. The molecule has 0 fully saturated rings. The summed E-state index contributed by atoms with van der Waals surface area (Å²) in [4.78, 5) is 0. The van der Waals surface area contributed by atoms with E-state index in [0.717, 1.165) is 12.8 Å². The summed E-state index contributed by atoms with van der Waals surface area (Å²) in [5.41, 5.74) is 1.29. The molecule has 68 valence electrons. The molecule has 0 saturated carbocycles. The van der Waals surface area contributed by atoms with Crippen LogP contribution in [0.2, 0.25) is 0 Å². The first-order chi connectivity index (χ1) is 5.56. The van der Waals surface area contributed by atoms with Crippen LogP contribution < -0.4 is 0 Å². The van der Waals surface area contributed by atoms with Gasteiger partial charge in [-0.15, -0.1) is 0 Å². The van der Waals surface area contributed by atoms with Crippen molar-refractivity contribution in [3.63, 3.8) is 0 Å². The van der Waals surface area contributed by atoms with Crippen LogP contribution in [0, 0.1) is 5.41 Å². The normalized spacial score (nSPS) is 18.7. The van der Waals surface area contributed by atoms with E-state index >= 15 is 0 Å². The first-order valence-corrected chi connectivity index (χ1v) is 5.02. The highest BCUT2D eigenvalue weighted by Gasteiger charge is 2.22. The van der Waals surface area contributed by atoms with Crippen molar-refractivity contribution in [2.75, 3.05) is 6.61 Å². The van der Waals surface area contributed by atoms with E-state index in [1.165, 1.54) is 10.1 Å². The molecule has 1 aliphatic carbocycles. The fourth-order valence-electron chi connectivity index (χ4n) is 1.28. The molecule has 1 rings (SSSR count). The van der Waals surface area contributed by atoms with E-state index in [1.54, 1.807) is 0 Å². The first-order valence-electron chi connectivity index (χ1n) is 4.23. The summed E-state index contributed by atoms with van der Waals surface area (Å²) in [6, 6.07) is 0. The average Bonchev–Trinajstić information content (AvgIpc) is 2.05. The third-order valence-electron chi connectivity index (χ3n) is 2.36. The largest absolute Gasteiger partial charge is 0.395 e. The minimum Gasteiger partial charge on any atom is -0.395 e. The molecule has 0 bridgehead atoms. The lowest BCUT2D eigenvalue weighted by Gasteiger charge is -2.27. The highest BCUT2D eigenvalue weighted by Crippen LogP contribution is 2.34. The lowest BCUT2D eigenvalue weighted by Crippen LogP contribution is -2.20. The molecule has 1 aliphatic rings. The second-order valence-corrected chi connectivity index (χ2v) is 4.87. The Balaban J connectivity index is 2.77. The Kier molecular flexibility index (Phi) is 3.13. The Bertz CT molecular complexity index is 226. The second kappa shape index (κ2) is 3.75. The maximum absolute atomic E-state index is 9.14. The van der Waals surface area contributed by atoms with Crippen molar-refractivity contribution < 1.29 is 5.11 Å². The van der Waals surface area contributed by atoms with Crippen molar-refractivity contribution in [1.29, 1.82) is 0 Å². The van der Waals surface area contributed by atoms with Gasteiger partial charge in [0.05, 0.1) is 6.61 Å². The SMILES string of the molecule is CC(C)(CO)C1=CC=C(Br)CC1. The molecule has 0 spiro atoms. The Morgan fingerprint density at radius 2 is 2.08 bits per heavy atom. The minimum absolute atomic E-state index is 0.0514. The zero-order chi connectivity index (χ0) is 9.19. The maximum atomic E-state index is 9.14. The molecule has 0 atom stereocenters. The van der Waals surface area contributed by atoms with Gasteiger partial charge in [-0.3, -0.25) is 0 Å². The summed E-state index contributed by atoms with van der Waals surface area (Å²) in [5.74, 6) is 0. The number of aliphatic hydroxyl groups is 1. The smallest absolute Gasteiger partial charge is 0.0519 e. The number of halogens is 1. The number of hydrogen-bond acceptors (Lipinski definition) is 1. The van der Waals surface area contributed by atoms with Crippen LogP contribution in [-0.2, 0) is 0 Å². The molecule has 2 heteroatoms. The predicted octanol–water partition coefficient (Wildman–Crippen LogP) is 3.00. The molecular formula is C10H15BrO. The lowest BCUT2D eigenvalue weighted by atomic mass is 9.81. The third kappa shape index (κ3) is 2.20. The van der Waals surface area contributed by atoms with E-state index in [1.807, 2.05) is 0 Å². The van der Waals surface area contributed by atoms with Crippen molar-refractivity contribution in [1.82, 2.24) is 0 Å². The molecule has 0 aromatic heterocycles. The summed E-state index contributed by atoms with van der Waals surface area (Å²) in [6.45, 7) is 4.38. The summed E-state index contributed by atoms with van der Waals surface area (Å²) in [5, 5.41) is 9.14. The molecule has 1 nitrogen and oxygen atoms in total. The van der Waals surface area contributed by atoms with E-state index in [4.69, 9.17) is 5.11 Å². The molecule has 1 N–H and O–H groups in total. The van der Waals surface area contributed by atoms with Gasteiger partial charge in [0.25, 0.3) is 0 Å². The monoisotopic (exact) mass is 230 g/mol. The van der Waals surface area contributed by atoms with Crippen molar-refractivity contribution in [2.24, 2.45) is 5.41 Å². The molecule has 0 aromatic carbocycles. The van der Waals surface area contributed by atoms with Crippen molar-refractivity contribution >= 4 is 15.9 Å². The van der Waals surface area contributed by atoms with Crippen molar-refractivity contribution in [3.05, 3.63) is 22.2 Å². The molecular weight excluding hydrogens is 216 g/mol. The molecule has 0 aliphatic heterocycles. The second-order valence-electron chi connectivity index (χ2n) is 3.85. The van der Waals surface area contributed by atoms with Gasteiger partial charge in [-0.25, -0.2) is 0 Å². The quantitative estimate of drug-likeness (QED) is 0.774. The van der Waals surface area contributed by atoms with Crippen LogP contribution in [0.3, 0.4) is 0 Å². The fraction of sp³-hybridized carbons (Fsp3) is 0.600. The summed E-state index contributed by atoms with van der Waals surface area (Å²) in [7, 11) is 0. The lowest BCUT2D eigenvalue weighted by molar-refractivity contribution is 0.186. The summed E-state index contributed by atoms with van der Waals surface area (Å²) < 4.78 is 1.25. The predicted molar refractivity (Wildman–Crippen MR) is 55.2 cm³/mol. The molecule has 0 saturated heterocycles. The van der Waals surface area contributed by atoms with E-state index in [2.05, 4.69) is 41.9 Å². The summed E-state index contributed by atoms with van der Waals surface area (Å²) in [6.07, 6.45) is 6.32. The van der Waals surface area contributed by atoms with E-state index < -0.39 is 0 Å². The van der Waals surface area contributed by atoms with Crippen molar-refractivity contribution in [3.8, 4) is 0 Å². The van der Waals surface area contributed by atoms with Crippen LogP contribution in [-0.4, -0.2) is 11.7 Å². The van der Waals surface area contributed by atoms with Gasteiger partial charge < -0.3 is 5.11 Å². The molecule has 0 amide bonds. The molecule has 0 heterocycles. The minimum atomic E-state index is -0.0514. The topological polar surface area (TPSA) is 20.2 Å². The van der Waals surface area contributed by atoms with Crippen LogP contribution in [0.25, 0.3) is 0 Å². The number of allylic oxidation sites excluding steroid dienone is 3. The third-order valence-corrected chi connectivity index (χ3v) is 3.02. The van der Waals surface area contributed by atoms with Gasteiger partial charge in [0.2, 0.25) is 0 Å². The van der Waals surface area contributed by atoms with Crippen molar-refractivity contribution in [2.45, 2.75) is 26.7 Å². The molecule has 0 radical (unpaired) electrons. The number of hydrogen-bond donors (Lipinski definition) is 1. The molecule has 0 aromatic rings. The Hall–Kier alpha value is -0.0800. The summed E-state index contributed by atoms with van der Waals surface area (Å²) >= 11 is 3.46. The molecule has 12 heavy (non-hydrogen) atoms. The zero-order valence-electron chi connectivity index (χ0n) is 7.60. The van der Waals surface area contributed by atoms with Gasteiger partial charge in [-0.05, 0) is 17.3 Å². The van der Waals surface area contributed by atoms with Gasteiger partial charge in [0, 0.05) is 5.41 Å². The standard InChI is InChI=1S/C10H15BrO/c1-10(2,7-12)8-3-5-9(11)6-4-8/h3,5,12H,4,6-7H2,1-2H3. The van der Waals surface area contributed by atoms with Crippen LogP contribution >= 0.6 is 15.9 Å². The number of aliphatic hydroxyl groups excluding tert-OH is 1. The van der Waals surface area contributed by atoms with Gasteiger partial charge in [0.15, 0.2) is 0 Å². The Morgan fingerprint density at radius 3 is 2.50 bits per heavy atom. The zero-order valence-corrected chi connectivity index (χ0v) is 9.19. The van der Waals surface area contributed by atoms with Gasteiger partial charge >= 0.3 is 0 Å². The van der Waals surface area contributed by atoms with E-state index in [-0.39, 0.29) is 12.0 Å². The Labute approximate surface area is 82.3 Å². The first kappa shape index (κ1) is 10.0. The van der Waals surface area contributed by atoms with E-state index in [9.17, 15) is 0 Å².